The van der Waals surface area contributed by atoms with Crippen LogP contribution >= 0.6 is 12.2 Å². The topological polar surface area (TPSA) is 29.4 Å². The third kappa shape index (κ3) is 3.75. The highest BCUT2D eigenvalue weighted by molar-refractivity contribution is 7.80. The Balaban J connectivity index is 1.69. The Bertz CT molecular complexity index is 1010. The number of anilines is 1. The van der Waals surface area contributed by atoms with Crippen LogP contribution < -0.4 is 10.1 Å². The average molecular weight is 406 g/mol. The maximum atomic E-state index is 5.93. The number of ether oxygens (including phenoxy) is 1. The standard InChI is InChI=1S/C24H27N3OS/c1-4-18-8-5-7-17(2)22(18)25-24(29)27-16-15-26-14-6-9-21(26)23(27)19-10-12-20(28-3)13-11-19/h5-14,23H,4,15-16H2,1-3H3,(H,25,29)/t23-/m1/s1. The van der Waals surface area contributed by atoms with Crippen molar-refractivity contribution < 1.29 is 4.74 Å². The van der Waals surface area contributed by atoms with E-state index in [1.165, 1.54) is 22.4 Å². The quantitative estimate of drug-likeness (QED) is 0.607. The number of aromatic nitrogens is 1. The van der Waals surface area contributed by atoms with Gasteiger partial charge in [0.15, 0.2) is 5.11 Å². The second-order valence-corrected chi connectivity index (χ2v) is 7.77. The number of nitrogens with one attached hydrogen (secondary N) is 1. The fraction of sp³-hybridized carbons (Fsp3) is 0.292. The average Bonchev–Trinajstić information content (AvgIpc) is 3.23. The van der Waals surface area contributed by atoms with Crippen LogP contribution in [0.2, 0.25) is 0 Å². The second-order valence-electron chi connectivity index (χ2n) is 7.39. The van der Waals surface area contributed by atoms with Crippen LogP contribution in [-0.4, -0.2) is 28.2 Å². The summed E-state index contributed by atoms with van der Waals surface area (Å²) in [6.45, 7) is 6.09. The SMILES string of the molecule is CCc1cccc(C)c1NC(=S)N1CCn2cccc2[C@H]1c1ccc(OC)cc1. The lowest BCUT2D eigenvalue weighted by atomic mass is 10.00. The van der Waals surface area contributed by atoms with Gasteiger partial charge in [0.2, 0.25) is 0 Å². The van der Waals surface area contributed by atoms with Crippen molar-refractivity contribution in [3.8, 4) is 5.75 Å². The van der Waals surface area contributed by atoms with E-state index >= 15 is 0 Å². The molecule has 29 heavy (non-hydrogen) atoms. The highest BCUT2D eigenvalue weighted by Gasteiger charge is 2.30. The molecule has 3 aromatic rings. The Kier molecular flexibility index (Phi) is 5.58. The van der Waals surface area contributed by atoms with Gasteiger partial charge in [0.1, 0.15) is 5.75 Å². The summed E-state index contributed by atoms with van der Waals surface area (Å²) < 4.78 is 7.66. The van der Waals surface area contributed by atoms with Crippen LogP contribution in [0, 0.1) is 6.92 Å². The smallest absolute Gasteiger partial charge is 0.174 e. The molecule has 0 fully saturated rings. The largest absolute Gasteiger partial charge is 0.497 e. The predicted molar refractivity (Wildman–Crippen MR) is 123 cm³/mol. The molecule has 1 aromatic heterocycles. The predicted octanol–water partition coefficient (Wildman–Crippen LogP) is 5.17. The molecule has 0 aliphatic carbocycles. The van der Waals surface area contributed by atoms with Gasteiger partial charge < -0.3 is 19.5 Å². The number of aryl methyl sites for hydroxylation is 2. The van der Waals surface area contributed by atoms with Crippen molar-refractivity contribution in [3.05, 3.63) is 83.2 Å². The molecule has 0 amide bonds. The molecule has 1 aliphatic heterocycles. The zero-order valence-corrected chi connectivity index (χ0v) is 18.0. The highest BCUT2D eigenvalue weighted by atomic mass is 32.1. The van der Waals surface area contributed by atoms with E-state index in [4.69, 9.17) is 17.0 Å². The van der Waals surface area contributed by atoms with Crippen LogP contribution in [-0.2, 0) is 13.0 Å². The Morgan fingerprint density at radius 3 is 2.62 bits per heavy atom. The van der Waals surface area contributed by atoms with Gasteiger partial charge in [-0.3, -0.25) is 0 Å². The summed E-state index contributed by atoms with van der Waals surface area (Å²) in [4.78, 5) is 2.30. The Labute approximate surface area is 178 Å². The second kappa shape index (κ2) is 8.29. The number of hydrogen-bond acceptors (Lipinski definition) is 2. The summed E-state index contributed by atoms with van der Waals surface area (Å²) in [5, 5.41) is 4.33. The monoisotopic (exact) mass is 405 g/mol. The van der Waals surface area contributed by atoms with Crippen molar-refractivity contribution in [1.82, 2.24) is 9.47 Å². The molecule has 1 aliphatic rings. The number of benzene rings is 2. The van der Waals surface area contributed by atoms with Gasteiger partial charge in [0.05, 0.1) is 13.2 Å². The number of fused-ring (bicyclic) bond motifs is 1. The van der Waals surface area contributed by atoms with Crippen LogP contribution in [0.5, 0.6) is 5.75 Å². The summed E-state index contributed by atoms with van der Waals surface area (Å²) in [6, 6.07) is 19.1. The summed E-state index contributed by atoms with van der Waals surface area (Å²) in [6.07, 6.45) is 3.12. The van der Waals surface area contributed by atoms with Gasteiger partial charge in [0, 0.05) is 30.7 Å². The molecule has 0 bridgehead atoms. The maximum Gasteiger partial charge on any atom is 0.174 e. The first-order valence-electron chi connectivity index (χ1n) is 10.1. The van der Waals surface area contributed by atoms with Gasteiger partial charge in [-0.2, -0.15) is 0 Å². The first-order valence-corrected chi connectivity index (χ1v) is 10.5. The minimum atomic E-state index is 0.0683. The Hall–Kier alpha value is -2.79. The molecule has 5 heteroatoms. The first kappa shape index (κ1) is 19.5. The van der Waals surface area contributed by atoms with Gasteiger partial charge >= 0.3 is 0 Å². The van der Waals surface area contributed by atoms with Crippen LogP contribution in [0.3, 0.4) is 0 Å². The van der Waals surface area contributed by atoms with Crippen LogP contribution in [0.1, 0.15) is 35.3 Å². The minimum absolute atomic E-state index is 0.0683. The molecule has 2 heterocycles. The molecule has 4 rings (SSSR count). The van der Waals surface area contributed by atoms with Crippen molar-refractivity contribution in [2.45, 2.75) is 32.9 Å². The van der Waals surface area contributed by atoms with Crippen molar-refractivity contribution >= 4 is 23.0 Å². The molecule has 150 valence electrons. The molecule has 0 spiro atoms. The van der Waals surface area contributed by atoms with Crippen molar-refractivity contribution in [1.29, 1.82) is 0 Å². The van der Waals surface area contributed by atoms with E-state index in [-0.39, 0.29) is 6.04 Å². The van der Waals surface area contributed by atoms with Gasteiger partial charge in [-0.05, 0) is 66.5 Å². The molecule has 0 saturated heterocycles. The molecule has 0 unspecified atom stereocenters. The Morgan fingerprint density at radius 2 is 1.90 bits per heavy atom. The molecule has 1 atom stereocenters. The first-order chi connectivity index (χ1) is 14.1. The third-order valence-corrected chi connectivity index (χ3v) is 6.04. The molecule has 4 nitrogen and oxygen atoms in total. The van der Waals surface area contributed by atoms with Crippen molar-refractivity contribution in [2.24, 2.45) is 0 Å². The van der Waals surface area contributed by atoms with Crippen LogP contribution in [0.4, 0.5) is 5.69 Å². The van der Waals surface area contributed by atoms with Crippen LogP contribution in [0.15, 0.2) is 60.8 Å². The van der Waals surface area contributed by atoms with E-state index < -0.39 is 0 Å². The summed E-state index contributed by atoms with van der Waals surface area (Å²) in [5.41, 5.74) is 6.09. The maximum absolute atomic E-state index is 5.93. The zero-order chi connectivity index (χ0) is 20.4. The lowest BCUT2D eigenvalue weighted by molar-refractivity contribution is 0.293. The van der Waals surface area contributed by atoms with E-state index in [2.05, 4.69) is 77.3 Å². The van der Waals surface area contributed by atoms with Crippen LogP contribution in [0.25, 0.3) is 0 Å². The number of nitrogens with zero attached hydrogens (tertiary/aromatic N) is 2. The Morgan fingerprint density at radius 1 is 1.10 bits per heavy atom. The van der Waals surface area contributed by atoms with Crippen molar-refractivity contribution in [2.75, 3.05) is 19.0 Å². The van der Waals surface area contributed by atoms with E-state index in [1.807, 2.05) is 12.1 Å². The van der Waals surface area contributed by atoms with E-state index in [0.717, 1.165) is 36.1 Å². The summed E-state index contributed by atoms with van der Waals surface area (Å²) in [7, 11) is 1.69. The molecule has 0 radical (unpaired) electrons. The summed E-state index contributed by atoms with van der Waals surface area (Å²) in [5.74, 6) is 0.861. The fourth-order valence-electron chi connectivity index (χ4n) is 4.12. The zero-order valence-electron chi connectivity index (χ0n) is 17.2. The highest BCUT2D eigenvalue weighted by Crippen LogP contribution is 2.34. The number of hydrogen-bond donors (Lipinski definition) is 1. The number of para-hydroxylation sites is 1. The van der Waals surface area contributed by atoms with Gasteiger partial charge in [0.25, 0.3) is 0 Å². The van der Waals surface area contributed by atoms with Gasteiger partial charge in [-0.25, -0.2) is 0 Å². The molecule has 0 saturated carbocycles. The summed E-state index contributed by atoms with van der Waals surface area (Å²) >= 11 is 5.93. The van der Waals surface area contributed by atoms with Gasteiger partial charge in [-0.1, -0.05) is 37.3 Å². The molecular formula is C24H27N3OS. The minimum Gasteiger partial charge on any atom is -0.497 e. The fourth-order valence-corrected chi connectivity index (χ4v) is 4.42. The molecular weight excluding hydrogens is 378 g/mol. The van der Waals surface area contributed by atoms with Gasteiger partial charge in [-0.15, -0.1) is 0 Å². The number of methoxy groups -OCH3 is 1. The number of thiocarbonyl (C=S) groups is 1. The van der Waals surface area contributed by atoms with E-state index in [9.17, 15) is 0 Å². The lowest BCUT2D eigenvalue weighted by Crippen LogP contribution is -2.44. The van der Waals surface area contributed by atoms with E-state index in [1.54, 1.807) is 7.11 Å². The lowest BCUT2D eigenvalue weighted by Gasteiger charge is -2.39. The normalized spacial score (nSPS) is 15.7. The van der Waals surface area contributed by atoms with E-state index in [0.29, 0.717) is 0 Å². The third-order valence-electron chi connectivity index (χ3n) is 5.70. The number of rotatable bonds is 4. The van der Waals surface area contributed by atoms with Crippen molar-refractivity contribution in [3.63, 3.8) is 0 Å². The molecule has 1 N–H and O–H groups in total. The molecule has 2 aromatic carbocycles.